The highest BCUT2D eigenvalue weighted by molar-refractivity contribution is 14.0. The van der Waals surface area contributed by atoms with Gasteiger partial charge in [-0.2, -0.15) is 5.10 Å². The molecule has 0 aliphatic carbocycles. The smallest absolute Gasteiger partial charge is 0.227 e. The zero-order chi connectivity index (χ0) is 23.2. The summed E-state index contributed by atoms with van der Waals surface area (Å²) < 4.78 is 1.99. The van der Waals surface area contributed by atoms with Crippen LogP contribution in [0.5, 0.6) is 0 Å². The molecular weight excluding hydrogens is 539 g/mol. The molecular formula is C26H33IN6O. The quantitative estimate of drug-likeness (QED) is 0.249. The summed E-state index contributed by atoms with van der Waals surface area (Å²) in [4.78, 5) is 18.6. The van der Waals surface area contributed by atoms with Crippen molar-refractivity contribution < 1.29 is 4.79 Å². The summed E-state index contributed by atoms with van der Waals surface area (Å²) in [6.07, 6.45) is 1.58. The summed E-state index contributed by atoms with van der Waals surface area (Å²) in [6.45, 7) is 8.99. The Balaban J connectivity index is 0.00000324. The molecule has 34 heavy (non-hydrogen) atoms. The third-order valence-corrected chi connectivity index (χ3v) is 5.96. The van der Waals surface area contributed by atoms with Crippen LogP contribution in [0.1, 0.15) is 42.3 Å². The predicted octanol–water partition coefficient (Wildman–Crippen LogP) is 4.49. The summed E-state index contributed by atoms with van der Waals surface area (Å²) in [5, 5.41) is 11.5. The fraction of sp³-hybridized carbons (Fsp3) is 0.346. The fourth-order valence-electron chi connectivity index (χ4n) is 4.14. The average Bonchev–Trinajstić information content (AvgIpc) is 3.39. The van der Waals surface area contributed by atoms with Gasteiger partial charge in [-0.15, -0.1) is 24.0 Å². The largest absolute Gasteiger partial charge is 0.357 e. The number of aliphatic imine (C=N–C) groups is 1. The van der Waals surface area contributed by atoms with Crippen molar-refractivity contribution in [1.29, 1.82) is 0 Å². The Kier molecular flexibility index (Phi) is 9.09. The topological polar surface area (TPSA) is 74.6 Å². The van der Waals surface area contributed by atoms with Gasteiger partial charge in [0.25, 0.3) is 0 Å². The number of benzene rings is 2. The number of rotatable bonds is 7. The number of anilines is 1. The lowest BCUT2D eigenvalue weighted by molar-refractivity contribution is -0.117. The van der Waals surface area contributed by atoms with E-state index in [4.69, 9.17) is 10.1 Å². The van der Waals surface area contributed by atoms with Crippen LogP contribution in [0, 0.1) is 13.8 Å². The van der Waals surface area contributed by atoms with E-state index in [1.807, 2.05) is 59.0 Å². The van der Waals surface area contributed by atoms with E-state index in [-0.39, 0.29) is 29.9 Å². The number of carbonyl (C=O) groups excluding carboxylic acids is 1. The number of hydrogen-bond acceptors (Lipinski definition) is 3. The normalized spacial score (nSPS) is 13.7. The van der Waals surface area contributed by atoms with Gasteiger partial charge in [-0.3, -0.25) is 4.79 Å². The van der Waals surface area contributed by atoms with Crippen LogP contribution >= 0.6 is 24.0 Å². The summed E-state index contributed by atoms with van der Waals surface area (Å²) in [5.74, 6) is 0.975. The van der Waals surface area contributed by atoms with Crippen LogP contribution in [0.2, 0.25) is 0 Å². The van der Waals surface area contributed by atoms with Crippen molar-refractivity contribution in [1.82, 2.24) is 20.4 Å². The Bertz CT molecular complexity index is 1120. The molecule has 2 N–H and O–H groups in total. The highest BCUT2D eigenvalue weighted by Gasteiger charge is 2.21. The number of carbonyl (C=O) groups is 1. The zero-order valence-electron chi connectivity index (χ0n) is 20.0. The number of amides is 1. The molecule has 2 heterocycles. The maximum Gasteiger partial charge on any atom is 0.227 e. The first-order valence-corrected chi connectivity index (χ1v) is 11.6. The maximum atomic E-state index is 11.9. The van der Waals surface area contributed by atoms with Gasteiger partial charge in [0.2, 0.25) is 5.91 Å². The van der Waals surface area contributed by atoms with Crippen molar-refractivity contribution in [3.63, 3.8) is 0 Å². The standard InChI is InChI=1S/C26H32N6O.HI/c1-4-27-26(28-17-21-12-14-22(15-13-21)31-16-8-11-25(31)33)29-18-24-19(2)30-32(20(24)3)23-9-6-5-7-10-23;/h5-7,9-10,12-15H,4,8,11,16-18H2,1-3H3,(H2,27,28,29);1H. The summed E-state index contributed by atoms with van der Waals surface area (Å²) in [6, 6.07) is 18.3. The van der Waals surface area contributed by atoms with E-state index in [2.05, 4.69) is 36.6 Å². The number of aryl methyl sites for hydroxylation is 1. The minimum Gasteiger partial charge on any atom is -0.357 e. The SMILES string of the molecule is CCNC(=NCc1ccc(N2CCCC2=O)cc1)NCc1c(C)nn(-c2ccccc2)c1C.I. The van der Waals surface area contributed by atoms with E-state index >= 15 is 0 Å². The molecule has 0 atom stereocenters. The Morgan fingerprint density at radius 1 is 1.03 bits per heavy atom. The lowest BCUT2D eigenvalue weighted by atomic mass is 10.2. The van der Waals surface area contributed by atoms with Gasteiger partial charge in [0.05, 0.1) is 17.9 Å². The van der Waals surface area contributed by atoms with Crippen LogP contribution < -0.4 is 15.5 Å². The van der Waals surface area contributed by atoms with Gasteiger partial charge in [-0.1, -0.05) is 30.3 Å². The molecule has 3 aromatic rings. The highest BCUT2D eigenvalue weighted by Crippen LogP contribution is 2.22. The number of nitrogens with one attached hydrogen (secondary N) is 2. The van der Waals surface area contributed by atoms with Gasteiger partial charge in [0, 0.05) is 43.0 Å². The van der Waals surface area contributed by atoms with Crippen LogP contribution in [0.15, 0.2) is 59.6 Å². The molecule has 8 heteroatoms. The first kappa shape index (κ1) is 25.7. The van der Waals surface area contributed by atoms with Crippen molar-refractivity contribution in [2.45, 2.75) is 46.7 Å². The van der Waals surface area contributed by atoms with E-state index in [9.17, 15) is 4.79 Å². The molecule has 0 spiro atoms. The summed E-state index contributed by atoms with van der Waals surface area (Å²) in [5.41, 5.74) is 6.43. The van der Waals surface area contributed by atoms with Gasteiger partial charge in [-0.05, 0) is 57.0 Å². The van der Waals surface area contributed by atoms with Crippen molar-refractivity contribution in [3.8, 4) is 5.69 Å². The van der Waals surface area contributed by atoms with E-state index in [0.29, 0.717) is 19.5 Å². The van der Waals surface area contributed by atoms with Crippen molar-refractivity contribution >= 4 is 41.5 Å². The number of para-hydroxylation sites is 1. The van der Waals surface area contributed by atoms with Gasteiger partial charge >= 0.3 is 0 Å². The minimum absolute atomic E-state index is 0. The lowest BCUT2D eigenvalue weighted by Crippen LogP contribution is -2.37. The third kappa shape index (κ3) is 5.97. The van der Waals surface area contributed by atoms with E-state index in [0.717, 1.165) is 53.8 Å². The van der Waals surface area contributed by atoms with Crippen molar-refractivity contribution in [2.75, 3.05) is 18.0 Å². The van der Waals surface area contributed by atoms with Gasteiger partial charge in [0.15, 0.2) is 5.96 Å². The average molecular weight is 572 g/mol. The molecule has 1 aliphatic rings. The predicted molar refractivity (Wildman–Crippen MR) is 148 cm³/mol. The maximum absolute atomic E-state index is 11.9. The molecule has 1 aromatic heterocycles. The highest BCUT2D eigenvalue weighted by atomic mass is 127. The monoisotopic (exact) mass is 572 g/mol. The van der Waals surface area contributed by atoms with Crippen LogP contribution in [0.3, 0.4) is 0 Å². The molecule has 180 valence electrons. The first-order chi connectivity index (χ1) is 16.1. The second kappa shape index (κ2) is 12.0. The van der Waals surface area contributed by atoms with Gasteiger partial charge in [-0.25, -0.2) is 9.67 Å². The van der Waals surface area contributed by atoms with Crippen LogP contribution in [-0.2, 0) is 17.9 Å². The van der Waals surface area contributed by atoms with Gasteiger partial charge < -0.3 is 15.5 Å². The first-order valence-electron chi connectivity index (χ1n) is 11.6. The summed E-state index contributed by atoms with van der Waals surface area (Å²) >= 11 is 0. The third-order valence-electron chi connectivity index (χ3n) is 5.96. The fourth-order valence-corrected chi connectivity index (χ4v) is 4.14. The number of halogens is 1. The van der Waals surface area contributed by atoms with Crippen LogP contribution in [0.4, 0.5) is 5.69 Å². The molecule has 0 bridgehead atoms. The Labute approximate surface area is 218 Å². The van der Waals surface area contributed by atoms with E-state index in [1.165, 1.54) is 5.56 Å². The molecule has 1 fully saturated rings. The molecule has 1 saturated heterocycles. The number of hydrogen-bond donors (Lipinski definition) is 2. The molecule has 1 amide bonds. The lowest BCUT2D eigenvalue weighted by Gasteiger charge is -2.16. The van der Waals surface area contributed by atoms with Crippen LogP contribution in [0.25, 0.3) is 5.69 Å². The van der Waals surface area contributed by atoms with Gasteiger partial charge in [0.1, 0.15) is 0 Å². The Hall–Kier alpha value is -2.88. The van der Waals surface area contributed by atoms with Crippen molar-refractivity contribution in [3.05, 3.63) is 77.1 Å². The van der Waals surface area contributed by atoms with E-state index in [1.54, 1.807) is 0 Å². The minimum atomic E-state index is 0. The zero-order valence-corrected chi connectivity index (χ0v) is 22.4. The second-order valence-electron chi connectivity index (χ2n) is 8.26. The molecule has 1 aliphatic heterocycles. The molecule has 7 nitrogen and oxygen atoms in total. The Morgan fingerprint density at radius 2 is 1.76 bits per heavy atom. The number of guanidine groups is 1. The second-order valence-corrected chi connectivity index (χ2v) is 8.26. The molecule has 4 rings (SSSR count). The Morgan fingerprint density at radius 3 is 2.41 bits per heavy atom. The van der Waals surface area contributed by atoms with Crippen molar-refractivity contribution in [2.24, 2.45) is 4.99 Å². The van der Waals surface area contributed by atoms with E-state index < -0.39 is 0 Å². The number of nitrogens with zero attached hydrogens (tertiary/aromatic N) is 4. The molecule has 0 unspecified atom stereocenters. The van der Waals surface area contributed by atoms with Crippen LogP contribution in [-0.4, -0.2) is 34.7 Å². The molecule has 2 aromatic carbocycles. The summed E-state index contributed by atoms with van der Waals surface area (Å²) in [7, 11) is 0. The molecule has 0 saturated carbocycles. The number of aromatic nitrogens is 2. The molecule has 0 radical (unpaired) electrons.